The first-order valence-electron chi connectivity index (χ1n) is 40.6. The first kappa shape index (κ1) is 89.1. The van der Waals surface area contributed by atoms with Crippen molar-refractivity contribution in [1.29, 1.82) is 0 Å². The molecule has 0 atom stereocenters. The van der Waals surface area contributed by atoms with Crippen LogP contribution < -0.4 is 0 Å². The van der Waals surface area contributed by atoms with Crippen molar-refractivity contribution in [3.63, 3.8) is 0 Å². The molecule has 3 rings (SSSR count). The fourth-order valence-corrected chi connectivity index (χ4v) is 13.5. The maximum atomic E-state index is 12.4. The number of hydrogen-bond acceptors (Lipinski definition) is 0. The summed E-state index contributed by atoms with van der Waals surface area (Å²) in [4.78, 5) is 0. The topological polar surface area (TPSA) is 25.3 Å². The molecule has 3 heteroatoms. The minimum Gasteiger partial charge on any atom is -0.493 e. The molecule has 0 aromatic heterocycles. The van der Waals surface area contributed by atoms with Crippen LogP contribution in [0.5, 0.6) is 0 Å². The van der Waals surface area contributed by atoms with E-state index in [9.17, 15) is 5.53 Å². The van der Waals surface area contributed by atoms with Crippen molar-refractivity contribution >= 4 is 11.4 Å². The normalized spacial score (nSPS) is 11.7. The van der Waals surface area contributed by atoms with Gasteiger partial charge < -0.3 is 19.4 Å². The first-order valence-corrected chi connectivity index (χ1v) is 40.6. The third kappa shape index (κ3) is 51.4. The molecule has 0 saturated heterocycles. The number of aryl methyl sites for hydroxylation is 2. The van der Waals surface area contributed by atoms with E-state index in [-0.39, 0.29) is 16.5 Å². The molecule has 0 radical (unpaired) electrons. The van der Waals surface area contributed by atoms with Crippen LogP contribution in [0.2, 0.25) is 0 Å². The molecule has 0 spiro atoms. The predicted octanol–water partition coefficient (Wildman–Crippen LogP) is 30.7. The molecule has 1 aliphatic heterocycles. The maximum absolute atomic E-state index is 12.4. The smallest absolute Gasteiger partial charge is 0.493 e. The molecule has 2 aromatic rings. The molecule has 92 heavy (non-hydrogen) atoms. The van der Waals surface area contributed by atoms with Gasteiger partial charge in [-0.25, -0.2) is 4.70 Å². The van der Waals surface area contributed by atoms with Gasteiger partial charge in [0.25, 0.3) is 0 Å². The molecule has 528 valence electrons. The third-order valence-corrected chi connectivity index (χ3v) is 19.2. The summed E-state index contributed by atoms with van der Waals surface area (Å²) in [6, 6.07) is 17.7. The van der Waals surface area contributed by atoms with Crippen molar-refractivity contribution in [1.82, 2.24) is 0 Å². The van der Waals surface area contributed by atoms with Gasteiger partial charge in [-0.05, 0) is 74.6 Å². The molecule has 0 amide bonds. The summed E-state index contributed by atoms with van der Waals surface area (Å²) in [5.41, 5.74) is 20.6. The summed E-state index contributed by atoms with van der Waals surface area (Å²) in [7, 11) is 0. The summed E-state index contributed by atoms with van der Waals surface area (Å²) < 4.78 is 1.57. The van der Waals surface area contributed by atoms with Crippen LogP contribution in [0.1, 0.15) is 442 Å². The van der Waals surface area contributed by atoms with Gasteiger partial charge in [-0.1, -0.05) is 378 Å². The number of hydrogen-bond donors (Lipinski definition) is 0. The molecule has 0 fully saturated rings. The van der Waals surface area contributed by atoms with Crippen molar-refractivity contribution in [2.75, 3.05) is 0 Å². The SMILES string of the molecule is CCCCCCCCCCCCCCCCCCCC#CCCCc1ccccc1C1=CC(CCCCCCCCCCCCCCCCCCCCC)=C(c2ccccc2CCCC#CCCCCCCCCCCCCCCCCCCC)[N+]1=[N-].[CH2-]C.[CH2-]C.[Ni+2]. The largest absolute Gasteiger partial charge is 2.00 e. The van der Waals surface area contributed by atoms with E-state index in [4.69, 9.17) is 0 Å². The van der Waals surface area contributed by atoms with Crippen LogP contribution in [-0.4, -0.2) is 4.70 Å². The van der Waals surface area contributed by atoms with Crippen molar-refractivity contribution < 1.29 is 21.2 Å². The molecule has 0 bridgehead atoms. The van der Waals surface area contributed by atoms with Gasteiger partial charge in [-0.3, -0.25) is 0 Å². The number of rotatable bonds is 62. The van der Waals surface area contributed by atoms with Crippen molar-refractivity contribution in [2.45, 2.75) is 433 Å². The molecule has 2 nitrogen and oxygen atoms in total. The fourth-order valence-electron chi connectivity index (χ4n) is 13.5. The van der Waals surface area contributed by atoms with Crippen molar-refractivity contribution in [3.05, 3.63) is 102 Å². The Labute approximate surface area is 587 Å². The molecule has 0 saturated carbocycles. The Hall–Kier alpha value is -2.87. The zero-order valence-corrected chi connectivity index (χ0v) is 63.1. The van der Waals surface area contributed by atoms with Crippen molar-refractivity contribution in [2.24, 2.45) is 0 Å². The average Bonchev–Trinajstić information content (AvgIpc) is 1.62. The summed E-state index contributed by atoms with van der Waals surface area (Å²) in [6.07, 6.45) is 85.7. The Morgan fingerprint density at radius 2 is 0.511 bits per heavy atom. The summed E-state index contributed by atoms with van der Waals surface area (Å²) in [6.45, 7) is 16.9. The minimum absolute atomic E-state index is 0. The maximum Gasteiger partial charge on any atom is 2.00 e. The fraction of sp³-hybridized carbons (Fsp3) is 0.753. The van der Waals surface area contributed by atoms with E-state index >= 15 is 0 Å². The van der Waals surface area contributed by atoms with Crippen LogP contribution >= 0.6 is 0 Å². The Balaban J connectivity index is 0.0000162. The number of unbranched alkanes of at least 4 members (excludes halogenated alkanes) is 54. The van der Waals surface area contributed by atoms with Crippen LogP contribution in [0.15, 0.2) is 60.2 Å². The van der Waals surface area contributed by atoms with E-state index in [1.54, 1.807) is 18.5 Å². The molecular formula is C89H152N2Ni. The van der Waals surface area contributed by atoms with E-state index in [0.29, 0.717) is 0 Å². The van der Waals surface area contributed by atoms with E-state index in [2.05, 4.69) is 113 Å². The summed E-state index contributed by atoms with van der Waals surface area (Å²) >= 11 is 0. The Morgan fingerprint density at radius 3 is 0.804 bits per heavy atom. The van der Waals surface area contributed by atoms with Gasteiger partial charge in [-0.2, -0.15) is 13.8 Å². The Morgan fingerprint density at radius 1 is 0.283 bits per heavy atom. The van der Waals surface area contributed by atoms with Gasteiger partial charge in [-0.15, -0.1) is 23.7 Å². The summed E-state index contributed by atoms with van der Waals surface area (Å²) in [5.74, 6) is 14.1. The minimum atomic E-state index is 0. The monoisotopic (exact) mass is 1310 g/mol. The van der Waals surface area contributed by atoms with Gasteiger partial charge in [0.2, 0.25) is 11.4 Å². The molecular weight excluding hydrogens is 1160 g/mol. The number of allylic oxidation sites excluding steroid dienone is 2. The third-order valence-electron chi connectivity index (χ3n) is 19.2. The van der Waals surface area contributed by atoms with Gasteiger partial charge in [0.1, 0.15) is 0 Å². The quantitative estimate of drug-likeness (QED) is 0.0207. The average molecular weight is 1310 g/mol. The molecule has 0 aliphatic carbocycles. The van der Waals surface area contributed by atoms with Gasteiger partial charge in [0, 0.05) is 48.5 Å². The molecule has 1 heterocycles. The second-order valence-electron chi connectivity index (χ2n) is 27.4. The zero-order valence-electron chi connectivity index (χ0n) is 62.2. The predicted molar refractivity (Wildman–Crippen MR) is 410 cm³/mol. The van der Waals surface area contributed by atoms with E-state index in [1.165, 1.54) is 356 Å². The summed E-state index contributed by atoms with van der Waals surface area (Å²) in [5, 5.41) is 0. The van der Waals surface area contributed by atoms with Crippen LogP contribution in [0, 0.1) is 37.5 Å². The molecule has 0 N–H and O–H groups in total. The standard InChI is InChI=1S/C85H142N2.2C2H5.Ni/c1-4-7-10-13-16-19-22-25-28-31-34-36-38-41-43-46-49-52-55-58-61-64-71-79-73-67-69-76-82(79)84-78-81(75-66-63-60-57-54-51-48-45-40-33-30-27-24-21-18-15-12-9-6-3)85(87(84)86)83-77-70-68-74-80(83)72-65-62-59-56-53-50-47-44-42-39-37-35-32-29-26-23-20-17-14-11-8-5-2;2*1-2;/h67-70,73-74,76-78H,4-54,57,60-66,71-72,75H2,1-3H3;2*1H2,2H3;/q;2*-1;+2. The molecule has 2 aromatic carbocycles. The molecule has 1 aliphatic rings. The Kier molecular flexibility index (Phi) is 70.1. The van der Waals surface area contributed by atoms with Gasteiger partial charge in [0.05, 0.1) is 0 Å². The van der Waals surface area contributed by atoms with Crippen LogP contribution in [0.3, 0.4) is 0 Å². The second-order valence-corrected chi connectivity index (χ2v) is 27.4. The molecule has 0 unspecified atom stereocenters. The van der Waals surface area contributed by atoms with E-state index in [0.717, 1.165) is 81.2 Å². The van der Waals surface area contributed by atoms with Crippen LogP contribution in [-0.2, 0) is 29.3 Å². The Bertz CT molecular complexity index is 2090. The van der Waals surface area contributed by atoms with E-state index in [1.807, 2.05) is 0 Å². The number of nitrogens with zero attached hydrogens (tertiary/aromatic N) is 2. The van der Waals surface area contributed by atoms with Gasteiger partial charge >= 0.3 is 16.5 Å². The van der Waals surface area contributed by atoms with Gasteiger partial charge in [0.15, 0.2) is 0 Å². The van der Waals surface area contributed by atoms with Crippen LogP contribution in [0.25, 0.3) is 16.9 Å². The number of benzene rings is 2. The zero-order chi connectivity index (χ0) is 65.7. The second kappa shape index (κ2) is 72.4. The van der Waals surface area contributed by atoms with Crippen LogP contribution in [0.4, 0.5) is 0 Å². The van der Waals surface area contributed by atoms with Crippen molar-refractivity contribution in [3.8, 4) is 23.7 Å². The first-order chi connectivity index (χ1) is 45.2. The van der Waals surface area contributed by atoms with E-state index < -0.39 is 0 Å².